The lowest BCUT2D eigenvalue weighted by molar-refractivity contribution is -0.117. The van der Waals surface area contributed by atoms with Crippen LogP contribution in [0, 0.1) is 0 Å². The summed E-state index contributed by atoms with van der Waals surface area (Å²) in [5.41, 5.74) is 4.10. The maximum atomic E-state index is 13.2. The summed E-state index contributed by atoms with van der Waals surface area (Å²) in [4.78, 5) is 20.0. The van der Waals surface area contributed by atoms with Crippen molar-refractivity contribution in [2.24, 2.45) is 0 Å². The van der Waals surface area contributed by atoms with Gasteiger partial charge < -0.3 is 18.9 Å². The molecule has 0 radical (unpaired) electrons. The summed E-state index contributed by atoms with van der Waals surface area (Å²) in [6, 6.07) is 29.0. The van der Waals surface area contributed by atoms with Crippen molar-refractivity contribution in [2.45, 2.75) is 18.9 Å². The molecule has 0 bridgehead atoms. The van der Waals surface area contributed by atoms with Crippen molar-refractivity contribution in [3.8, 4) is 11.5 Å². The first-order valence-electron chi connectivity index (χ1n) is 12.4. The highest BCUT2D eigenvalue weighted by molar-refractivity contribution is 5.97. The third-order valence-corrected chi connectivity index (χ3v) is 7.17. The van der Waals surface area contributed by atoms with Crippen LogP contribution in [0.1, 0.15) is 23.7 Å². The van der Waals surface area contributed by atoms with Gasteiger partial charge in [-0.05, 0) is 46.7 Å². The first-order chi connectivity index (χ1) is 17.7. The second-order valence-corrected chi connectivity index (χ2v) is 9.46. The monoisotopic (exact) mass is 475 g/mol. The fourth-order valence-corrected chi connectivity index (χ4v) is 5.42. The number of carbonyl (C=O) groups excluding carboxylic acids is 1. The van der Waals surface area contributed by atoms with Crippen molar-refractivity contribution in [2.75, 3.05) is 24.7 Å². The van der Waals surface area contributed by atoms with Gasteiger partial charge in [0.15, 0.2) is 11.5 Å². The Morgan fingerprint density at radius 1 is 0.833 bits per heavy atom. The summed E-state index contributed by atoms with van der Waals surface area (Å²) in [5, 5.41) is 2.45. The molecule has 1 atom stereocenters. The molecular weight excluding hydrogens is 450 g/mol. The Balaban J connectivity index is 1.24. The van der Waals surface area contributed by atoms with Crippen molar-refractivity contribution in [1.82, 2.24) is 9.55 Å². The van der Waals surface area contributed by atoms with E-state index in [0.717, 1.165) is 28.3 Å². The summed E-state index contributed by atoms with van der Waals surface area (Å²) in [5.74, 6) is 2.47. The maximum Gasteiger partial charge on any atom is 0.227 e. The van der Waals surface area contributed by atoms with Crippen LogP contribution in [-0.2, 0) is 11.3 Å². The van der Waals surface area contributed by atoms with Crippen LogP contribution < -0.4 is 14.4 Å². The lowest BCUT2D eigenvalue weighted by atomic mass is 10.1. The molecule has 1 amide bonds. The molecule has 0 N–H and O–H groups in total. The second kappa shape index (κ2) is 8.41. The van der Waals surface area contributed by atoms with Gasteiger partial charge in [-0.2, -0.15) is 0 Å². The predicted octanol–water partition coefficient (Wildman–Crippen LogP) is 5.53. The number of carbonyl (C=O) groups is 1. The fourth-order valence-electron chi connectivity index (χ4n) is 5.42. The van der Waals surface area contributed by atoms with E-state index in [1.165, 1.54) is 16.3 Å². The number of fused-ring (bicyclic) bond motifs is 3. The number of ether oxygens (including phenoxy) is 2. The number of anilines is 1. The van der Waals surface area contributed by atoms with Crippen molar-refractivity contribution in [3.05, 3.63) is 96.3 Å². The maximum absolute atomic E-state index is 13.2. The van der Waals surface area contributed by atoms with Gasteiger partial charge in [0.25, 0.3) is 0 Å². The molecule has 7 rings (SSSR count). The van der Waals surface area contributed by atoms with Crippen LogP contribution in [0.4, 0.5) is 5.69 Å². The topological polar surface area (TPSA) is 56.6 Å². The molecular formula is C30H25N3O3. The van der Waals surface area contributed by atoms with E-state index in [-0.39, 0.29) is 11.8 Å². The summed E-state index contributed by atoms with van der Waals surface area (Å²) in [6.07, 6.45) is 0.426. The summed E-state index contributed by atoms with van der Waals surface area (Å²) in [6.45, 7) is 2.35. The summed E-state index contributed by atoms with van der Waals surface area (Å²) in [7, 11) is 0. The number of para-hydroxylation sites is 2. The number of nitrogens with zero attached hydrogens (tertiary/aromatic N) is 3. The Hall–Kier alpha value is -4.32. The molecule has 1 saturated heterocycles. The Morgan fingerprint density at radius 3 is 2.56 bits per heavy atom. The average molecular weight is 476 g/mol. The van der Waals surface area contributed by atoms with Gasteiger partial charge in [-0.25, -0.2) is 4.98 Å². The molecule has 0 spiro atoms. The molecule has 1 unspecified atom stereocenters. The van der Waals surface area contributed by atoms with Gasteiger partial charge in [0.1, 0.15) is 19.0 Å². The number of hydrogen-bond acceptors (Lipinski definition) is 4. The van der Waals surface area contributed by atoms with E-state index in [0.29, 0.717) is 38.5 Å². The normalized spacial score (nSPS) is 17.3. The largest absolute Gasteiger partial charge is 0.486 e. The molecule has 6 nitrogen and oxygen atoms in total. The summed E-state index contributed by atoms with van der Waals surface area (Å²) < 4.78 is 13.7. The van der Waals surface area contributed by atoms with Gasteiger partial charge in [-0.3, -0.25) is 4.79 Å². The van der Waals surface area contributed by atoms with Gasteiger partial charge in [0, 0.05) is 37.2 Å². The van der Waals surface area contributed by atoms with E-state index in [4.69, 9.17) is 14.5 Å². The molecule has 3 heterocycles. The second-order valence-electron chi connectivity index (χ2n) is 9.46. The highest BCUT2D eigenvalue weighted by atomic mass is 16.6. The SMILES string of the molecule is O=C1CC(c2nc3ccccc3n2Cc2ccc3ccccc3c2)CN1c1ccc2c(c1)OCCO2. The van der Waals surface area contributed by atoms with Crippen molar-refractivity contribution < 1.29 is 14.3 Å². The fraction of sp³-hybridized carbons (Fsp3) is 0.200. The van der Waals surface area contributed by atoms with Crippen LogP contribution in [0.5, 0.6) is 11.5 Å². The number of aromatic nitrogens is 2. The van der Waals surface area contributed by atoms with E-state index < -0.39 is 0 Å². The molecule has 6 heteroatoms. The first-order valence-corrected chi connectivity index (χ1v) is 12.4. The Morgan fingerprint density at radius 2 is 1.64 bits per heavy atom. The Bertz CT molecular complexity index is 1620. The molecule has 0 saturated carbocycles. The van der Waals surface area contributed by atoms with Crippen LogP contribution in [-0.4, -0.2) is 35.2 Å². The van der Waals surface area contributed by atoms with E-state index >= 15 is 0 Å². The van der Waals surface area contributed by atoms with Crippen molar-refractivity contribution >= 4 is 33.4 Å². The van der Waals surface area contributed by atoms with Crippen LogP contribution in [0.25, 0.3) is 21.8 Å². The molecule has 0 aliphatic carbocycles. The summed E-state index contributed by atoms with van der Waals surface area (Å²) >= 11 is 0. The Labute approximate surface area is 208 Å². The molecule has 5 aromatic rings. The zero-order chi connectivity index (χ0) is 24.1. The van der Waals surface area contributed by atoms with Crippen LogP contribution in [0.2, 0.25) is 0 Å². The third-order valence-electron chi connectivity index (χ3n) is 7.17. The predicted molar refractivity (Wildman–Crippen MR) is 140 cm³/mol. The zero-order valence-electron chi connectivity index (χ0n) is 19.8. The highest BCUT2D eigenvalue weighted by Gasteiger charge is 2.35. The standard InChI is InChI=1S/C30H25N3O3/c34-29-16-23(19-32(29)24-11-12-27-28(17-24)36-14-13-35-27)30-31-25-7-3-4-8-26(25)33(30)18-20-9-10-21-5-1-2-6-22(21)15-20/h1-12,15,17,23H,13-14,16,18-19H2. The first kappa shape index (κ1) is 21.0. The van der Waals surface area contributed by atoms with Crippen LogP contribution >= 0.6 is 0 Å². The third kappa shape index (κ3) is 3.57. The van der Waals surface area contributed by atoms with E-state index in [9.17, 15) is 4.79 Å². The van der Waals surface area contributed by atoms with Gasteiger partial charge in [-0.15, -0.1) is 0 Å². The molecule has 1 aromatic heterocycles. The molecule has 1 fully saturated rings. The number of benzene rings is 4. The van der Waals surface area contributed by atoms with Crippen molar-refractivity contribution in [1.29, 1.82) is 0 Å². The quantitative estimate of drug-likeness (QED) is 0.343. The van der Waals surface area contributed by atoms with Gasteiger partial charge in [-0.1, -0.05) is 48.5 Å². The molecule has 36 heavy (non-hydrogen) atoms. The van der Waals surface area contributed by atoms with Gasteiger partial charge >= 0.3 is 0 Å². The van der Waals surface area contributed by atoms with E-state index in [1.807, 2.05) is 41.3 Å². The lowest BCUT2D eigenvalue weighted by Gasteiger charge is -2.22. The van der Waals surface area contributed by atoms with Crippen LogP contribution in [0.3, 0.4) is 0 Å². The van der Waals surface area contributed by atoms with Crippen LogP contribution in [0.15, 0.2) is 84.9 Å². The molecule has 178 valence electrons. The van der Waals surface area contributed by atoms with E-state index in [2.05, 4.69) is 53.1 Å². The highest BCUT2D eigenvalue weighted by Crippen LogP contribution is 2.38. The molecule has 2 aliphatic rings. The minimum Gasteiger partial charge on any atom is -0.486 e. The average Bonchev–Trinajstić information content (AvgIpc) is 3.49. The van der Waals surface area contributed by atoms with Gasteiger partial charge in [0.05, 0.1) is 11.0 Å². The minimum absolute atomic E-state index is 0.00134. The minimum atomic E-state index is -0.00134. The Kier molecular flexibility index (Phi) is 4.91. The number of hydrogen-bond donors (Lipinski definition) is 0. The van der Waals surface area contributed by atoms with Gasteiger partial charge in [0.2, 0.25) is 5.91 Å². The zero-order valence-corrected chi connectivity index (χ0v) is 19.8. The number of rotatable bonds is 4. The smallest absolute Gasteiger partial charge is 0.227 e. The molecule has 2 aliphatic heterocycles. The number of imidazole rings is 1. The lowest BCUT2D eigenvalue weighted by Crippen LogP contribution is -2.25. The van der Waals surface area contributed by atoms with Crippen molar-refractivity contribution in [3.63, 3.8) is 0 Å². The van der Waals surface area contributed by atoms with E-state index in [1.54, 1.807) is 0 Å². The molecule has 4 aromatic carbocycles. The number of amides is 1.